The van der Waals surface area contributed by atoms with E-state index in [1.165, 1.54) is 11.3 Å². The van der Waals surface area contributed by atoms with Crippen molar-refractivity contribution in [2.45, 2.75) is 46.3 Å². The Bertz CT molecular complexity index is 381. The molecule has 4 heteroatoms. The topological polar surface area (TPSA) is 47.3 Å². The van der Waals surface area contributed by atoms with Crippen LogP contribution in [0.3, 0.4) is 0 Å². The molecule has 2 atom stereocenters. The number of hydrogen-bond acceptors (Lipinski definition) is 3. The molecule has 2 rings (SSSR count). The molecule has 1 aromatic heterocycles. The minimum Gasteiger partial charge on any atom is -0.391 e. The van der Waals surface area contributed by atoms with Gasteiger partial charge in [-0.1, -0.05) is 6.92 Å². The smallest absolute Gasteiger partial charge is 0.0787 e. The molecule has 1 saturated heterocycles. The molecule has 2 unspecified atom stereocenters. The van der Waals surface area contributed by atoms with Gasteiger partial charge in [-0.25, -0.2) is 0 Å². The first-order chi connectivity index (χ1) is 8.13. The van der Waals surface area contributed by atoms with Crippen molar-refractivity contribution in [2.24, 2.45) is 5.92 Å². The number of aryl methyl sites for hydroxylation is 1. The fourth-order valence-electron chi connectivity index (χ4n) is 2.61. The van der Waals surface area contributed by atoms with Crippen LogP contribution in [0.2, 0.25) is 0 Å². The third-order valence-corrected chi connectivity index (χ3v) is 3.75. The number of nitrogens with zero attached hydrogens (tertiary/aromatic N) is 2. The van der Waals surface area contributed by atoms with Crippen molar-refractivity contribution >= 4 is 0 Å². The zero-order valence-electron chi connectivity index (χ0n) is 10.9. The van der Waals surface area contributed by atoms with Crippen molar-refractivity contribution in [3.05, 3.63) is 17.0 Å². The highest BCUT2D eigenvalue weighted by Crippen LogP contribution is 2.20. The molecule has 0 aliphatic carbocycles. The summed E-state index contributed by atoms with van der Waals surface area (Å²) in [7, 11) is 0. The summed E-state index contributed by atoms with van der Waals surface area (Å²) in [4.78, 5) is 0. The van der Waals surface area contributed by atoms with E-state index < -0.39 is 0 Å². The van der Waals surface area contributed by atoms with Crippen LogP contribution < -0.4 is 0 Å². The van der Waals surface area contributed by atoms with E-state index in [0.29, 0.717) is 13.2 Å². The highest BCUT2D eigenvalue weighted by molar-refractivity contribution is 5.24. The molecule has 1 N–H and O–H groups in total. The first-order valence-electron chi connectivity index (χ1n) is 6.42. The van der Waals surface area contributed by atoms with Crippen molar-refractivity contribution in [1.82, 2.24) is 9.78 Å². The van der Waals surface area contributed by atoms with Gasteiger partial charge in [-0.05, 0) is 32.3 Å². The number of aliphatic hydroxyl groups excluding tert-OH is 1. The molecule has 1 aliphatic rings. The van der Waals surface area contributed by atoms with Crippen LogP contribution in [0.4, 0.5) is 0 Å². The van der Waals surface area contributed by atoms with Gasteiger partial charge in [0.05, 0.1) is 24.9 Å². The van der Waals surface area contributed by atoms with Gasteiger partial charge in [-0.2, -0.15) is 5.10 Å². The molecule has 1 fully saturated rings. The predicted molar refractivity (Wildman–Crippen MR) is 66.0 cm³/mol. The van der Waals surface area contributed by atoms with Crippen LogP contribution in [0.25, 0.3) is 0 Å². The number of rotatable bonds is 4. The molecule has 1 aromatic rings. The van der Waals surface area contributed by atoms with Crippen LogP contribution in [0.5, 0.6) is 0 Å². The lowest BCUT2D eigenvalue weighted by atomic mass is 10.0. The molecule has 0 spiro atoms. The minimum absolute atomic E-state index is 0.268. The first kappa shape index (κ1) is 12.6. The van der Waals surface area contributed by atoms with Crippen molar-refractivity contribution in [2.75, 3.05) is 13.2 Å². The zero-order valence-corrected chi connectivity index (χ0v) is 10.9. The second kappa shape index (κ2) is 5.19. The van der Waals surface area contributed by atoms with Gasteiger partial charge in [0.2, 0.25) is 0 Å². The van der Waals surface area contributed by atoms with Crippen molar-refractivity contribution in [3.63, 3.8) is 0 Å². The number of ether oxygens (including phenoxy) is 1. The van der Waals surface area contributed by atoms with Crippen LogP contribution in [0.1, 0.15) is 30.3 Å². The summed E-state index contributed by atoms with van der Waals surface area (Å²) in [5, 5.41) is 14.7. The molecule has 96 valence electrons. The molecule has 0 radical (unpaired) electrons. The standard InChI is InChI=1S/C13H22N2O2/c1-4-12-9(2)14-15(10(12)3)7-13(16)11-5-6-17-8-11/h11,13,16H,4-8H2,1-3H3. The van der Waals surface area contributed by atoms with E-state index in [2.05, 4.69) is 18.9 Å². The maximum Gasteiger partial charge on any atom is 0.0787 e. The number of aromatic nitrogens is 2. The normalized spacial score (nSPS) is 22.0. The van der Waals surface area contributed by atoms with Gasteiger partial charge in [0.25, 0.3) is 0 Å². The Morgan fingerprint density at radius 3 is 2.82 bits per heavy atom. The van der Waals surface area contributed by atoms with Crippen LogP contribution in [-0.4, -0.2) is 34.2 Å². The number of hydrogen-bond donors (Lipinski definition) is 1. The second-order valence-corrected chi connectivity index (χ2v) is 4.88. The lowest BCUT2D eigenvalue weighted by Gasteiger charge is -2.17. The average molecular weight is 238 g/mol. The Morgan fingerprint density at radius 2 is 2.29 bits per heavy atom. The van der Waals surface area contributed by atoms with Gasteiger partial charge >= 0.3 is 0 Å². The maximum absolute atomic E-state index is 10.2. The van der Waals surface area contributed by atoms with E-state index in [1.807, 2.05) is 11.6 Å². The van der Waals surface area contributed by atoms with E-state index in [1.54, 1.807) is 0 Å². The summed E-state index contributed by atoms with van der Waals surface area (Å²) in [6.45, 7) is 8.30. The fourth-order valence-corrected chi connectivity index (χ4v) is 2.61. The van der Waals surface area contributed by atoms with E-state index in [4.69, 9.17) is 4.74 Å². The lowest BCUT2D eigenvalue weighted by molar-refractivity contribution is 0.0742. The van der Waals surface area contributed by atoms with E-state index in [0.717, 1.165) is 25.1 Å². The summed E-state index contributed by atoms with van der Waals surface area (Å²) in [6, 6.07) is 0. The molecular formula is C13H22N2O2. The summed E-state index contributed by atoms with van der Waals surface area (Å²) in [5.41, 5.74) is 3.57. The third kappa shape index (κ3) is 2.53. The molecule has 17 heavy (non-hydrogen) atoms. The van der Waals surface area contributed by atoms with Gasteiger partial charge in [-0.3, -0.25) is 4.68 Å². The lowest BCUT2D eigenvalue weighted by Crippen LogP contribution is -2.27. The monoisotopic (exact) mass is 238 g/mol. The Labute approximate surface area is 103 Å². The van der Waals surface area contributed by atoms with Gasteiger partial charge in [-0.15, -0.1) is 0 Å². The van der Waals surface area contributed by atoms with Crippen molar-refractivity contribution in [1.29, 1.82) is 0 Å². The maximum atomic E-state index is 10.2. The molecular weight excluding hydrogens is 216 g/mol. The Balaban J connectivity index is 2.07. The Hall–Kier alpha value is -0.870. The van der Waals surface area contributed by atoms with Gasteiger partial charge in [0.1, 0.15) is 0 Å². The fraction of sp³-hybridized carbons (Fsp3) is 0.769. The van der Waals surface area contributed by atoms with Crippen molar-refractivity contribution < 1.29 is 9.84 Å². The summed E-state index contributed by atoms with van der Waals surface area (Å²) in [5.74, 6) is 0.268. The van der Waals surface area contributed by atoms with Crippen LogP contribution in [-0.2, 0) is 17.7 Å². The summed E-state index contributed by atoms with van der Waals surface area (Å²) < 4.78 is 7.25. The van der Waals surface area contributed by atoms with Gasteiger partial charge < -0.3 is 9.84 Å². The van der Waals surface area contributed by atoms with Crippen LogP contribution >= 0.6 is 0 Å². The van der Waals surface area contributed by atoms with E-state index in [-0.39, 0.29) is 12.0 Å². The largest absolute Gasteiger partial charge is 0.391 e. The van der Waals surface area contributed by atoms with Gasteiger partial charge in [0, 0.05) is 18.2 Å². The molecule has 4 nitrogen and oxygen atoms in total. The summed E-state index contributed by atoms with van der Waals surface area (Å²) in [6.07, 6.45) is 1.61. The first-order valence-corrected chi connectivity index (χ1v) is 6.42. The average Bonchev–Trinajstić information content (AvgIpc) is 2.89. The molecule has 1 aliphatic heterocycles. The molecule has 0 aromatic carbocycles. The van der Waals surface area contributed by atoms with E-state index in [9.17, 15) is 5.11 Å². The second-order valence-electron chi connectivity index (χ2n) is 4.88. The van der Waals surface area contributed by atoms with E-state index >= 15 is 0 Å². The zero-order chi connectivity index (χ0) is 12.4. The minimum atomic E-state index is -0.347. The van der Waals surface area contributed by atoms with Crippen LogP contribution in [0, 0.1) is 19.8 Å². The Kier molecular flexibility index (Phi) is 3.84. The number of aliphatic hydroxyl groups is 1. The van der Waals surface area contributed by atoms with Crippen LogP contribution in [0.15, 0.2) is 0 Å². The third-order valence-electron chi connectivity index (χ3n) is 3.75. The predicted octanol–water partition coefficient (Wildman–Crippen LogP) is 1.46. The van der Waals surface area contributed by atoms with Gasteiger partial charge in [0.15, 0.2) is 0 Å². The molecule has 0 amide bonds. The molecule has 0 saturated carbocycles. The quantitative estimate of drug-likeness (QED) is 0.864. The van der Waals surface area contributed by atoms with Crippen molar-refractivity contribution in [3.8, 4) is 0 Å². The SMILES string of the molecule is CCc1c(C)nn(CC(O)C2CCOC2)c1C. The summed E-state index contributed by atoms with van der Waals surface area (Å²) >= 11 is 0. The molecule has 2 heterocycles. The highest BCUT2D eigenvalue weighted by Gasteiger charge is 2.25. The molecule has 0 bridgehead atoms. The Morgan fingerprint density at radius 1 is 1.53 bits per heavy atom. The highest BCUT2D eigenvalue weighted by atomic mass is 16.5.